The summed E-state index contributed by atoms with van der Waals surface area (Å²) in [7, 11) is 1.54. The summed E-state index contributed by atoms with van der Waals surface area (Å²) >= 11 is 3.44. The molecule has 8 nitrogen and oxygen atoms in total. The number of halogens is 1. The van der Waals surface area contributed by atoms with Crippen molar-refractivity contribution in [2.45, 2.75) is 13.5 Å². The highest BCUT2D eigenvalue weighted by molar-refractivity contribution is 9.10. The number of nitrogens with zero attached hydrogens (tertiary/aromatic N) is 2. The molecule has 3 aromatic carbocycles. The van der Waals surface area contributed by atoms with E-state index in [1.54, 1.807) is 37.3 Å². The van der Waals surface area contributed by atoms with E-state index in [9.17, 15) is 14.9 Å². The molecule has 3 aromatic rings. The third-order valence-electron chi connectivity index (χ3n) is 5.04. The Morgan fingerprint density at radius 3 is 2.65 bits per heavy atom. The Morgan fingerprint density at radius 1 is 1.12 bits per heavy atom. The van der Waals surface area contributed by atoms with Crippen molar-refractivity contribution in [3.05, 3.63) is 103 Å². The first-order valence-electron chi connectivity index (χ1n) is 10.2. The van der Waals surface area contributed by atoms with Gasteiger partial charge in [0.2, 0.25) is 5.90 Å². The van der Waals surface area contributed by atoms with Crippen LogP contribution in [0.25, 0.3) is 6.08 Å². The van der Waals surface area contributed by atoms with Crippen molar-refractivity contribution in [2.75, 3.05) is 7.11 Å². The van der Waals surface area contributed by atoms with Gasteiger partial charge in [-0.05, 0) is 60.5 Å². The molecular weight excluding hydrogens is 504 g/mol. The summed E-state index contributed by atoms with van der Waals surface area (Å²) in [5.74, 6) is 0.546. The Labute approximate surface area is 203 Å². The van der Waals surface area contributed by atoms with Gasteiger partial charge in [0.1, 0.15) is 6.61 Å². The molecule has 1 heterocycles. The van der Waals surface area contributed by atoms with Gasteiger partial charge in [-0.3, -0.25) is 10.1 Å². The fourth-order valence-corrected chi connectivity index (χ4v) is 3.81. The van der Waals surface area contributed by atoms with E-state index in [2.05, 4.69) is 20.9 Å². The van der Waals surface area contributed by atoms with Crippen molar-refractivity contribution in [1.29, 1.82) is 0 Å². The molecule has 172 valence electrons. The predicted molar refractivity (Wildman–Crippen MR) is 130 cm³/mol. The van der Waals surface area contributed by atoms with E-state index in [-0.39, 0.29) is 17.3 Å². The number of benzene rings is 3. The van der Waals surface area contributed by atoms with Crippen molar-refractivity contribution in [2.24, 2.45) is 4.99 Å². The first-order chi connectivity index (χ1) is 16.3. The second kappa shape index (κ2) is 9.88. The van der Waals surface area contributed by atoms with Crippen LogP contribution in [0.5, 0.6) is 11.5 Å². The Hall–Kier alpha value is -3.98. The maximum atomic E-state index is 12.4. The van der Waals surface area contributed by atoms with Crippen LogP contribution < -0.4 is 9.47 Å². The predicted octanol–water partition coefficient (Wildman–Crippen LogP) is 5.60. The zero-order valence-electron chi connectivity index (χ0n) is 18.3. The van der Waals surface area contributed by atoms with Gasteiger partial charge < -0.3 is 14.2 Å². The van der Waals surface area contributed by atoms with Crippen LogP contribution in [-0.4, -0.2) is 23.9 Å². The fraction of sp³-hybridized carbons (Fsp3) is 0.120. The molecule has 0 saturated carbocycles. The van der Waals surface area contributed by atoms with Gasteiger partial charge in [-0.1, -0.05) is 34.1 Å². The summed E-state index contributed by atoms with van der Waals surface area (Å²) in [6.07, 6.45) is 1.58. The van der Waals surface area contributed by atoms with E-state index in [4.69, 9.17) is 14.2 Å². The lowest BCUT2D eigenvalue weighted by Crippen LogP contribution is -2.06. The molecule has 0 N–H and O–H groups in total. The van der Waals surface area contributed by atoms with Gasteiger partial charge in [0.15, 0.2) is 17.2 Å². The monoisotopic (exact) mass is 522 g/mol. The molecule has 0 amide bonds. The molecule has 0 atom stereocenters. The number of rotatable bonds is 7. The van der Waals surface area contributed by atoms with Crippen LogP contribution in [0.15, 0.2) is 75.8 Å². The largest absolute Gasteiger partial charge is 0.493 e. The number of nitro groups is 1. The topological polar surface area (TPSA) is 100 Å². The number of hydrogen-bond donors (Lipinski definition) is 0. The van der Waals surface area contributed by atoms with E-state index >= 15 is 0 Å². The third kappa shape index (κ3) is 5.15. The van der Waals surface area contributed by atoms with Crippen LogP contribution in [-0.2, 0) is 16.1 Å². The molecule has 1 aliphatic heterocycles. The Balaban J connectivity index is 1.55. The zero-order chi connectivity index (χ0) is 24.2. The molecule has 0 aliphatic carbocycles. The van der Waals surface area contributed by atoms with E-state index in [1.807, 2.05) is 24.3 Å². The quantitative estimate of drug-likeness (QED) is 0.173. The molecule has 0 aromatic heterocycles. The summed E-state index contributed by atoms with van der Waals surface area (Å²) in [5, 5.41) is 11.0. The highest BCUT2D eigenvalue weighted by Crippen LogP contribution is 2.31. The van der Waals surface area contributed by atoms with Crippen LogP contribution in [0.3, 0.4) is 0 Å². The molecular formula is C25H19BrN2O6. The number of methoxy groups -OCH3 is 1. The van der Waals surface area contributed by atoms with Crippen LogP contribution in [0.1, 0.15) is 22.3 Å². The van der Waals surface area contributed by atoms with Gasteiger partial charge in [-0.25, -0.2) is 9.79 Å². The van der Waals surface area contributed by atoms with Crippen molar-refractivity contribution in [1.82, 2.24) is 0 Å². The minimum Gasteiger partial charge on any atom is -0.493 e. The number of aryl methyl sites for hydroxylation is 1. The lowest BCUT2D eigenvalue weighted by molar-refractivity contribution is -0.385. The molecule has 0 unspecified atom stereocenters. The van der Waals surface area contributed by atoms with Gasteiger partial charge in [-0.15, -0.1) is 0 Å². The van der Waals surface area contributed by atoms with Gasteiger partial charge in [0.05, 0.1) is 12.0 Å². The number of nitro benzene ring substituents is 1. The maximum absolute atomic E-state index is 12.4. The summed E-state index contributed by atoms with van der Waals surface area (Å²) in [6, 6.07) is 17.5. The molecule has 0 bridgehead atoms. The molecule has 0 spiro atoms. The van der Waals surface area contributed by atoms with E-state index in [0.717, 1.165) is 10.0 Å². The minimum absolute atomic E-state index is 0.0151. The normalized spacial score (nSPS) is 14.0. The first kappa shape index (κ1) is 23.2. The third-order valence-corrected chi connectivity index (χ3v) is 5.53. The Bertz CT molecular complexity index is 1350. The number of aliphatic imine (C=N–C) groups is 1. The molecule has 9 heteroatoms. The van der Waals surface area contributed by atoms with Gasteiger partial charge >= 0.3 is 5.97 Å². The van der Waals surface area contributed by atoms with Crippen molar-refractivity contribution >= 4 is 39.6 Å². The average molecular weight is 523 g/mol. The number of esters is 1. The standard InChI is InChI=1S/C25H19BrN2O6/c1-15-10-18(7-8-21(15)28(30)31)24-27-20(25(29)34-24)12-16-6-9-22(23(13-16)32-2)33-14-17-4-3-5-19(26)11-17/h3-13H,14H2,1-2H3/b20-12-. The van der Waals surface area contributed by atoms with E-state index < -0.39 is 10.9 Å². The molecule has 0 fully saturated rings. The SMILES string of the molecule is COc1cc(/C=C2\N=C(c3ccc([N+](=O)[O-])c(C)c3)OC2=O)ccc1OCc1cccc(Br)c1. The van der Waals surface area contributed by atoms with Crippen molar-refractivity contribution in [3.8, 4) is 11.5 Å². The molecule has 0 radical (unpaired) electrons. The summed E-state index contributed by atoms with van der Waals surface area (Å²) in [5.41, 5.74) is 2.69. The number of carbonyl (C=O) groups is 1. The van der Waals surface area contributed by atoms with Gasteiger partial charge in [-0.2, -0.15) is 0 Å². The first-order valence-corrected chi connectivity index (χ1v) is 11.0. The smallest absolute Gasteiger partial charge is 0.363 e. The Morgan fingerprint density at radius 2 is 1.94 bits per heavy atom. The summed E-state index contributed by atoms with van der Waals surface area (Å²) in [6.45, 7) is 1.98. The van der Waals surface area contributed by atoms with Crippen LogP contribution in [0.4, 0.5) is 5.69 Å². The van der Waals surface area contributed by atoms with E-state index in [1.165, 1.54) is 19.2 Å². The second-order valence-corrected chi connectivity index (χ2v) is 8.34. The lowest BCUT2D eigenvalue weighted by atomic mass is 10.1. The van der Waals surface area contributed by atoms with Crippen LogP contribution >= 0.6 is 15.9 Å². The highest BCUT2D eigenvalue weighted by atomic mass is 79.9. The highest BCUT2D eigenvalue weighted by Gasteiger charge is 2.25. The lowest BCUT2D eigenvalue weighted by Gasteiger charge is -2.11. The van der Waals surface area contributed by atoms with Crippen LogP contribution in [0.2, 0.25) is 0 Å². The van der Waals surface area contributed by atoms with Gasteiger partial charge in [0.25, 0.3) is 5.69 Å². The Kier molecular flexibility index (Phi) is 6.74. The number of cyclic esters (lactones) is 1. The second-order valence-electron chi connectivity index (χ2n) is 7.42. The number of carbonyl (C=O) groups excluding carboxylic acids is 1. The molecule has 34 heavy (non-hydrogen) atoms. The van der Waals surface area contributed by atoms with E-state index in [0.29, 0.717) is 34.8 Å². The average Bonchev–Trinajstić information content (AvgIpc) is 3.18. The zero-order valence-corrected chi connectivity index (χ0v) is 19.9. The van der Waals surface area contributed by atoms with Crippen LogP contribution in [0, 0.1) is 17.0 Å². The summed E-state index contributed by atoms with van der Waals surface area (Å²) in [4.78, 5) is 27.2. The number of ether oxygens (including phenoxy) is 3. The molecule has 1 aliphatic rings. The fourth-order valence-electron chi connectivity index (χ4n) is 3.36. The number of hydrogen-bond acceptors (Lipinski definition) is 7. The summed E-state index contributed by atoms with van der Waals surface area (Å²) < 4.78 is 17.6. The molecule has 4 rings (SSSR count). The van der Waals surface area contributed by atoms with Gasteiger partial charge in [0, 0.05) is 21.7 Å². The maximum Gasteiger partial charge on any atom is 0.363 e. The minimum atomic E-state index is -0.611. The van der Waals surface area contributed by atoms with Crippen molar-refractivity contribution < 1.29 is 23.9 Å². The van der Waals surface area contributed by atoms with Crippen molar-refractivity contribution in [3.63, 3.8) is 0 Å². The molecule has 0 saturated heterocycles.